The summed E-state index contributed by atoms with van der Waals surface area (Å²) in [5.74, 6) is -0.609. The maximum absolute atomic E-state index is 12.2. The summed E-state index contributed by atoms with van der Waals surface area (Å²) >= 11 is 0. The summed E-state index contributed by atoms with van der Waals surface area (Å²) in [7, 11) is 0. The number of rotatable bonds is 7. The molecule has 5 heteroatoms. The zero-order valence-electron chi connectivity index (χ0n) is 13.9. The average molecular weight is 336 g/mol. The van der Waals surface area contributed by atoms with Crippen LogP contribution in [0, 0.1) is 0 Å². The highest BCUT2D eigenvalue weighted by atomic mass is 16.2. The maximum atomic E-state index is 12.2. The first-order chi connectivity index (χ1) is 12.2. The predicted octanol–water partition coefficient (Wildman–Crippen LogP) is 2.42. The second-order valence-corrected chi connectivity index (χ2v) is 6.00. The van der Waals surface area contributed by atoms with Crippen LogP contribution in [0.4, 0.5) is 0 Å². The molecule has 3 amide bonds. The number of carbonyl (C=O) groups excluding carboxylic acids is 3. The van der Waals surface area contributed by atoms with Gasteiger partial charge in [0.15, 0.2) is 0 Å². The number of benzene rings is 2. The van der Waals surface area contributed by atoms with Crippen LogP contribution in [0.2, 0.25) is 0 Å². The minimum atomic E-state index is -0.273. The molecule has 0 bridgehead atoms. The largest absolute Gasteiger partial charge is 0.356 e. The molecule has 0 saturated heterocycles. The zero-order chi connectivity index (χ0) is 17.6. The topological polar surface area (TPSA) is 66.5 Å². The minimum absolute atomic E-state index is 0.0625. The van der Waals surface area contributed by atoms with Crippen molar-refractivity contribution in [1.82, 2.24) is 10.2 Å². The van der Waals surface area contributed by atoms with E-state index in [-0.39, 0.29) is 24.3 Å². The van der Waals surface area contributed by atoms with Gasteiger partial charge in [0, 0.05) is 19.5 Å². The summed E-state index contributed by atoms with van der Waals surface area (Å²) < 4.78 is 0. The van der Waals surface area contributed by atoms with E-state index in [1.54, 1.807) is 24.3 Å². The SMILES string of the molecule is O=C(CCCN1C(=O)c2ccccc2C1=O)NCCc1ccccc1. The van der Waals surface area contributed by atoms with Gasteiger partial charge < -0.3 is 5.32 Å². The van der Waals surface area contributed by atoms with Crippen LogP contribution in [0.5, 0.6) is 0 Å². The Morgan fingerprint density at radius 1 is 0.880 bits per heavy atom. The van der Waals surface area contributed by atoms with Gasteiger partial charge in [-0.15, -0.1) is 0 Å². The third kappa shape index (κ3) is 3.94. The van der Waals surface area contributed by atoms with Gasteiger partial charge in [0.25, 0.3) is 11.8 Å². The third-order valence-corrected chi connectivity index (χ3v) is 4.24. The lowest BCUT2D eigenvalue weighted by Crippen LogP contribution is -2.32. The predicted molar refractivity (Wildman–Crippen MR) is 94.2 cm³/mol. The highest BCUT2D eigenvalue weighted by molar-refractivity contribution is 6.21. The third-order valence-electron chi connectivity index (χ3n) is 4.24. The van der Waals surface area contributed by atoms with Gasteiger partial charge in [-0.3, -0.25) is 19.3 Å². The second kappa shape index (κ2) is 7.75. The van der Waals surface area contributed by atoms with E-state index in [0.29, 0.717) is 30.5 Å². The van der Waals surface area contributed by atoms with Crippen LogP contribution in [0.15, 0.2) is 54.6 Å². The van der Waals surface area contributed by atoms with E-state index in [2.05, 4.69) is 5.32 Å². The number of amides is 3. The van der Waals surface area contributed by atoms with Crippen LogP contribution in [0.1, 0.15) is 39.1 Å². The number of hydrogen-bond donors (Lipinski definition) is 1. The van der Waals surface area contributed by atoms with Gasteiger partial charge in [0.1, 0.15) is 0 Å². The van der Waals surface area contributed by atoms with E-state index in [1.807, 2.05) is 30.3 Å². The van der Waals surface area contributed by atoms with E-state index < -0.39 is 0 Å². The van der Waals surface area contributed by atoms with Crippen LogP contribution in [-0.4, -0.2) is 35.7 Å². The first kappa shape index (κ1) is 16.9. The molecule has 1 aliphatic heterocycles. The lowest BCUT2D eigenvalue weighted by Gasteiger charge is -2.13. The Morgan fingerprint density at radius 2 is 1.48 bits per heavy atom. The van der Waals surface area contributed by atoms with E-state index in [4.69, 9.17) is 0 Å². The van der Waals surface area contributed by atoms with Crippen molar-refractivity contribution in [3.8, 4) is 0 Å². The summed E-state index contributed by atoms with van der Waals surface area (Å²) in [6.45, 7) is 0.842. The lowest BCUT2D eigenvalue weighted by atomic mass is 10.1. The quantitative estimate of drug-likeness (QED) is 0.790. The Hall–Kier alpha value is -2.95. The van der Waals surface area contributed by atoms with Crippen molar-refractivity contribution in [2.45, 2.75) is 19.3 Å². The number of nitrogens with one attached hydrogen (secondary N) is 1. The number of imide groups is 1. The van der Waals surface area contributed by atoms with Crippen molar-refractivity contribution in [2.75, 3.05) is 13.1 Å². The standard InChI is InChI=1S/C20H20N2O3/c23-18(21-13-12-15-7-2-1-3-8-15)11-6-14-22-19(24)16-9-4-5-10-17(16)20(22)25/h1-5,7-10H,6,11-14H2,(H,21,23). The highest BCUT2D eigenvalue weighted by Crippen LogP contribution is 2.22. The molecule has 1 heterocycles. The van der Waals surface area contributed by atoms with Gasteiger partial charge >= 0.3 is 0 Å². The maximum Gasteiger partial charge on any atom is 0.261 e. The number of carbonyl (C=O) groups is 3. The molecular formula is C20H20N2O3. The van der Waals surface area contributed by atoms with Gasteiger partial charge in [-0.1, -0.05) is 42.5 Å². The molecule has 0 unspecified atom stereocenters. The fourth-order valence-corrected chi connectivity index (χ4v) is 2.92. The highest BCUT2D eigenvalue weighted by Gasteiger charge is 2.34. The second-order valence-electron chi connectivity index (χ2n) is 6.00. The van der Waals surface area contributed by atoms with Crippen molar-refractivity contribution in [3.63, 3.8) is 0 Å². The molecule has 0 aromatic heterocycles. The first-order valence-corrected chi connectivity index (χ1v) is 8.42. The summed E-state index contributed by atoms with van der Waals surface area (Å²) in [6.07, 6.45) is 1.54. The first-order valence-electron chi connectivity index (χ1n) is 8.42. The zero-order valence-corrected chi connectivity index (χ0v) is 13.9. The molecule has 25 heavy (non-hydrogen) atoms. The molecule has 0 atom stereocenters. The molecule has 2 aromatic carbocycles. The van der Waals surface area contributed by atoms with Crippen LogP contribution in [-0.2, 0) is 11.2 Å². The Labute approximate surface area is 146 Å². The molecule has 5 nitrogen and oxygen atoms in total. The molecule has 128 valence electrons. The Morgan fingerprint density at radius 3 is 2.12 bits per heavy atom. The monoisotopic (exact) mass is 336 g/mol. The minimum Gasteiger partial charge on any atom is -0.356 e. The molecule has 2 aromatic rings. The fraction of sp³-hybridized carbons (Fsp3) is 0.250. The van der Waals surface area contributed by atoms with Crippen LogP contribution >= 0.6 is 0 Å². The van der Waals surface area contributed by atoms with Crippen molar-refractivity contribution in [3.05, 3.63) is 71.3 Å². The van der Waals surface area contributed by atoms with E-state index >= 15 is 0 Å². The van der Waals surface area contributed by atoms with Crippen LogP contribution in [0.3, 0.4) is 0 Å². The molecule has 1 aliphatic rings. The van der Waals surface area contributed by atoms with Gasteiger partial charge in [0.05, 0.1) is 11.1 Å². The van der Waals surface area contributed by atoms with Crippen molar-refractivity contribution < 1.29 is 14.4 Å². The molecule has 0 radical (unpaired) electrons. The molecule has 1 N–H and O–H groups in total. The van der Waals surface area contributed by atoms with E-state index in [9.17, 15) is 14.4 Å². The Bertz CT molecular complexity index is 752. The number of fused-ring (bicyclic) bond motifs is 1. The van der Waals surface area contributed by atoms with Crippen LogP contribution in [0.25, 0.3) is 0 Å². The van der Waals surface area contributed by atoms with Crippen molar-refractivity contribution in [2.24, 2.45) is 0 Å². The Balaban J connectivity index is 1.40. The van der Waals surface area contributed by atoms with Crippen molar-refractivity contribution >= 4 is 17.7 Å². The Kier molecular flexibility index (Phi) is 5.23. The molecule has 0 aliphatic carbocycles. The average Bonchev–Trinajstić information content (AvgIpc) is 2.88. The number of hydrogen-bond acceptors (Lipinski definition) is 3. The van der Waals surface area contributed by atoms with E-state index in [1.165, 1.54) is 10.5 Å². The smallest absolute Gasteiger partial charge is 0.261 e. The molecule has 0 fully saturated rings. The summed E-state index contributed by atoms with van der Waals surface area (Å²) in [6, 6.07) is 16.8. The van der Waals surface area contributed by atoms with Crippen LogP contribution < -0.4 is 5.32 Å². The lowest BCUT2D eigenvalue weighted by molar-refractivity contribution is -0.121. The normalized spacial score (nSPS) is 13.0. The number of nitrogens with zero attached hydrogens (tertiary/aromatic N) is 1. The molecular weight excluding hydrogens is 316 g/mol. The molecule has 0 saturated carbocycles. The molecule has 3 rings (SSSR count). The fourth-order valence-electron chi connectivity index (χ4n) is 2.92. The van der Waals surface area contributed by atoms with E-state index in [0.717, 1.165) is 6.42 Å². The summed E-state index contributed by atoms with van der Waals surface area (Å²) in [5, 5.41) is 2.87. The summed E-state index contributed by atoms with van der Waals surface area (Å²) in [4.78, 5) is 37.5. The summed E-state index contributed by atoms with van der Waals surface area (Å²) in [5.41, 5.74) is 2.06. The van der Waals surface area contributed by atoms with Gasteiger partial charge in [-0.05, 0) is 30.5 Å². The van der Waals surface area contributed by atoms with Crippen molar-refractivity contribution in [1.29, 1.82) is 0 Å². The van der Waals surface area contributed by atoms with Gasteiger partial charge in [0.2, 0.25) is 5.91 Å². The molecule has 0 spiro atoms. The van der Waals surface area contributed by atoms with Gasteiger partial charge in [-0.2, -0.15) is 0 Å². The van der Waals surface area contributed by atoms with Gasteiger partial charge in [-0.25, -0.2) is 0 Å².